The van der Waals surface area contributed by atoms with Gasteiger partial charge < -0.3 is 5.32 Å². The number of rotatable bonds is 2. The lowest BCUT2D eigenvalue weighted by Crippen LogP contribution is -2.05. The Morgan fingerprint density at radius 3 is 2.69 bits per heavy atom. The fourth-order valence-electron chi connectivity index (χ4n) is 1.08. The van der Waals surface area contributed by atoms with Gasteiger partial charge in [0.05, 0.1) is 5.56 Å². The minimum absolute atomic E-state index is 0.299. The predicted molar refractivity (Wildman–Crippen MR) is 52.4 cm³/mol. The number of alkyl halides is 3. The highest BCUT2D eigenvalue weighted by molar-refractivity contribution is 7.09. The average Bonchev–Trinajstić information content (AvgIpc) is 2.70. The summed E-state index contributed by atoms with van der Waals surface area (Å²) in [4.78, 5) is 0. The summed E-state index contributed by atoms with van der Waals surface area (Å²) in [6, 6.07) is 4.83. The van der Waals surface area contributed by atoms with Crippen LogP contribution in [-0.4, -0.2) is 14.8 Å². The molecule has 1 N–H and O–H groups in total. The molecule has 2 rings (SSSR count). The third kappa shape index (κ3) is 2.45. The number of benzene rings is 1. The normalized spacial score (nSPS) is 11.4. The summed E-state index contributed by atoms with van der Waals surface area (Å²) in [5.74, 6) is 0. The van der Waals surface area contributed by atoms with Gasteiger partial charge in [0.2, 0.25) is 5.13 Å². The molecule has 0 fully saturated rings. The molecule has 0 amide bonds. The maximum Gasteiger partial charge on any atom is 0.416 e. The third-order valence-electron chi connectivity index (χ3n) is 1.74. The van der Waals surface area contributed by atoms with Crippen molar-refractivity contribution < 1.29 is 13.2 Å². The van der Waals surface area contributed by atoms with E-state index in [1.54, 1.807) is 0 Å². The molecule has 1 aromatic heterocycles. The molecule has 0 unspecified atom stereocenters. The molecule has 0 aliphatic carbocycles. The Bertz CT molecular complexity index is 468. The fraction of sp³-hybridized carbons (Fsp3) is 0.125. The molecule has 0 atom stereocenters. The van der Waals surface area contributed by atoms with Crippen LogP contribution in [0.4, 0.5) is 24.0 Å². The smallest absolute Gasteiger partial charge is 0.329 e. The Hall–Kier alpha value is -1.70. The third-order valence-corrected chi connectivity index (χ3v) is 2.25. The minimum atomic E-state index is -4.35. The van der Waals surface area contributed by atoms with Gasteiger partial charge in [-0.1, -0.05) is 15.7 Å². The summed E-state index contributed by atoms with van der Waals surface area (Å²) in [6.07, 6.45) is -4.35. The number of hydrogen-bond acceptors (Lipinski definition) is 5. The molecule has 0 saturated heterocycles. The van der Waals surface area contributed by atoms with Crippen LogP contribution < -0.4 is 5.32 Å². The topological polar surface area (TPSA) is 50.7 Å². The number of halogens is 3. The summed E-state index contributed by atoms with van der Waals surface area (Å²) in [6.45, 7) is 0. The highest BCUT2D eigenvalue weighted by Gasteiger charge is 2.30. The van der Waals surface area contributed by atoms with E-state index in [2.05, 4.69) is 20.1 Å². The zero-order valence-corrected chi connectivity index (χ0v) is 8.51. The van der Waals surface area contributed by atoms with Crippen molar-refractivity contribution >= 4 is 22.4 Å². The zero-order chi connectivity index (χ0) is 11.6. The van der Waals surface area contributed by atoms with Crippen molar-refractivity contribution in [3.05, 3.63) is 29.8 Å². The van der Waals surface area contributed by atoms with Crippen LogP contribution in [0.25, 0.3) is 0 Å². The van der Waals surface area contributed by atoms with E-state index >= 15 is 0 Å². The second-order valence-corrected chi connectivity index (χ2v) is 3.60. The fourth-order valence-corrected chi connectivity index (χ4v) is 1.47. The molecule has 2 aromatic rings. The molecule has 0 aliphatic heterocycles. The first-order valence-corrected chi connectivity index (χ1v) is 4.92. The monoisotopic (exact) mass is 246 g/mol. The second kappa shape index (κ2) is 4.05. The largest absolute Gasteiger partial charge is 0.416 e. The van der Waals surface area contributed by atoms with E-state index in [-0.39, 0.29) is 0 Å². The molecule has 0 saturated carbocycles. The highest BCUT2D eigenvalue weighted by atomic mass is 32.1. The van der Waals surface area contributed by atoms with Gasteiger partial charge >= 0.3 is 6.18 Å². The first-order chi connectivity index (χ1) is 7.55. The summed E-state index contributed by atoms with van der Waals surface area (Å²) in [5.41, 5.74) is -0.414. The predicted octanol–water partition coefficient (Wildman–Crippen LogP) is 2.70. The van der Waals surface area contributed by atoms with Gasteiger partial charge in [0.15, 0.2) is 0 Å². The van der Waals surface area contributed by atoms with E-state index in [4.69, 9.17) is 0 Å². The highest BCUT2D eigenvalue weighted by Crippen LogP contribution is 2.31. The standard InChI is InChI=1S/C8H5F3N4S/c9-8(10,11)5-2-1-3-6(4-5)12-7-13-14-15-16-7/h1-4H,(H,12,13,15). The first kappa shape index (κ1) is 10.8. The van der Waals surface area contributed by atoms with E-state index in [1.807, 2.05) is 0 Å². The quantitative estimate of drug-likeness (QED) is 0.885. The number of aromatic nitrogens is 3. The summed E-state index contributed by atoms with van der Waals surface area (Å²) in [7, 11) is 0. The second-order valence-electron chi connectivity index (χ2n) is 2.87. The lowest BCUT2D eigenvalue weighted by molar-refractivity contribution is -0.137. The lowest BCUT2D eigenvalue weighted by atomic mass is 10.2. The Labute approximate surface area is 92.3 Å². The molecule has 4 nitrogen and oxygen atoms in total. The number of hydrogen-bond donors (Lipinski definition) is 1. The van der Waals surface area contributed by atoms with Crippen LogP contribution in [0.15, 0.2) is 24.3 Å². The summed E-state index contributed by atoms with van der Waals surface area (Å²) < 4.78 is 40.6. The van der Waals surface area contributed by atoms with Gasteiger partial charge in [-0.2, -0.15) is 13.2 Å². The van der Waals surface area contributed by atoms with Crippen molar-refractivity contribution in [2.45, 2.75) is 6.18 Å². The molecule has 8 heteroatoms. The Morgan fingerprint density at radius 2 is 2.06 bits per heavy atom. The van der Waals surface area contributed by atoms with Crippen molar-refractivity contribution in [1.29, 1.82) is 0 Å². The van der Waals surface area contributed by atoms with Crippen LogP contribution in [0.5, 0.6) is 0 Å². The van der Waals surface area contributed by atoms with Gasteiger partial charge in [-0.25, -0.2) is 0 Å². The Balaban J connectivity index is 2.23. The molecule has 84 valence electrons. The molecular weight excluding hydrogens is 241 g/mol. The Morgan fingerprint density at radius 1 is 1.25 bits per heavy atom. The van der Waals surface area contributed by atoms with Gasteiger partial charge in [0.25, 0.3) is 0 Å². The average molecular weight is 246 g/mol. The van der Waals surface area contributed by atoms with E-state index in [0.717, 1.165) is 23.7 Å². The van der Waals surface area contributed by atoms with Crippen LogP contribution in [-0.2, 0) is 6.18 Å². The molecule has 16 heavy (non-hydrogen) atoms. The van der Waals surface area contributed by atoms with E-state index in [9.17, 15) is 13.2 Å². The Kier molecular flexibility index (Phi) is 2.73. The zero-order valence-electron chi connectivity index (χ0n) is 7.69. The van der Waals surface area contributed by atoms with Crippen LogP contribution in [0, 0.1) is 0 Å². The van der Waals surface area contributed by atoms with Gasteiger partial charge in [-0.3, -0.25) is 0 Å². The molecule has 0 bridgehead atoms. The summed E-state index contributed by atoms with van der Waals surface area (Å²) in [5, 5.41) is 9.92. The van der Waals surface area contributed by atoms with Crippen LogP contribution >= 0.6 is 11.5 Å². The van der Waals surface area contributed by atoms with Crippen molar-refractivity contribution in [2.24, 2.45) is 0 Å². The number of anilines is 2. The van der Waals surface area contributed by atoms with Crippen molar-refractivity contribution in [2.75, 3.05) is 5.32 Å². The van der Waals surface area contributed by atoms with Crippen LogP contribution in [0.1, 0.15) is 5.56 Å². The van der Waals surface area contributed by atoms with Crippen molar-refractivity contribution in [1.82, 2.24) is 14.8 Å². The maximum atomic E-state index is 12.4. The minimum Gasteiger partial charge on any atom is -0.329 e. The van der Waals surface area contributed by atoms with Gasteiger partial charge in [-0.15, -0.1) is 0 Å². The molecule has 1 aromatic carbocycles. The van der Waals surface area contributed by atoms with Crippen LogP contribution in [0.3, 0.4) is 0 Å². The molecule has 0 aliphatic rings. The number of nitrogens with zero attached hydrogens (tertiary/aromatic N) is 3. The molecular formula is C8H5F3N4S. The van der Waals surface area contributed by atoms with Gasteiger partial charge in [0, 0.05) is 17.2 Å². The van der Waals surface area contributed by atoms with E-state index < -0.39 is 11.7 Å². The molecule has 0 radical (unpaired) electrons. The van der Waals surface area contributed by atoms with Gasteiger partial charge in [-0.05, 0) is 23.4 Å². The molecule has 1 heterocycles. The number of nitrogens with one attached hydrogen (secondary N) is 1. The van der Waals surface area contributed by atoms with E-state index in [0.29, 0.717) is 10.8 Å². The SMILES string of the molecule is FC(F)(F)c1cccc(Nc2nnns2)c1. The van der Waals surface area contributed by atoms with Gasteiger partial charge in [0.1, 0.15) is 0 Å². The first-order valence-electron chi connectivity index (χ1n) is 4.15. The van der Waals surface area contributed by atoms with Crippen molar-refractivity contribution in [3.63, 3.8) is 0 Å². The molecule has 0 spiro atoms. The van der Waals surface area contributed by atoms with E-state index in [1.165, 1.54) is 12.1 Å². The maximum absolute atomic E-state index is 12.4. The van der Waals surface area contributed by atoms with Crippen molar-refractivity contribution in [3.8, 4) is 0 Å². The lowest BCUT2D eigenvalue weighted by Gasteiger charge is -2.08. The van der Waals surface area contributed by atoms with Crippen LogP contribution in [0.2, 0.25) is 0 Å². The summed E-state index contributed by atoms with van der Waals surface area (Å²) >= 11 is 0.967.